The Hall–Kier alpha value is -4.03. The SMILES string of the molecule is CN1C(=O)COc2c1c(N)nc1ccc(-c3cnc(Cl)c(NS(=O)(=O)c4ccc(F)cc4F)c3)cc21. The fraction of sp³-hybridized carbons (Fsp3) is 0.0870. The number of anilines is 3. The number of carbonyl (C=O) groups is 1. The lowest BCUT2D eigenvalue weighted by Crippen LogP contribution is -2.36. The van der Waals surface area contributed by atoms with Crippen LogP contribution in [-0.4, -0.2) is 37.9 Å². The Bertz CT molecular complexity index is 1680. The minimum absolute atomic E-state index is 0.114. The fourth-order valence-electron chi connectivity index (χ4n) is 3.82. The minimum Gasteiger partial charge on any atom is -0.481 e. The quantitative estimate of drug-likeness (QED) is 0.381. The summed E-state index contributed by atoms with van der Waals surface area (Å²) in [6.45, 7) is -0.166. The fourth-order valence-corrected chi connectivity index (χ4v) is 5.14. The van der Waals surface area contributed by atoms with Crippen LogP contribution in [0.25, 0.3) is 22.0 Å². The second-order valence-electron chi connectivity index (χ2n) is 7.89. The summed E-state index contributed by atoms with van der Waals surface area (Å²) in [7, 11) is -2.87. The lowest BCUT2D eigenvalue weighted by molar-refractivity contribution is -0.120. The zero-order valence-corrected chi connectivity index (χ0v) is 20.0. The summed E-state index contributed by atoms with van der Waals surface area (Å²) in [5, 5.41) is 0.391. The largest absolute Gasteiger partial charge is 0.481 e. The predicted octanol–water partition coefficient (Wildman–Crippen LogP) is 3.97. The molecule has 5 rings (SSSR count). The highest BCUT2D eigenvalue weighted by molar-refractivity contribution is 7.92. The highest BCUT2D eigenvalue weighted by atomic mass is 35.5. The van der Waals surface area contributed by atoms with Crippen molar-refractivity contribution in [3.05, 3.63) is 65.4 Å². The number of halogens is 3. The standard InChI is InChI=1S/C23H16ClF2N5O4S/c1-31-19(32)10-35-21-14-6-11(2-4-16(14)29-23(27)20(21)31)12-7-17(22(24)28-9-12)30-36(33,34)18-5-3-13(25)8-15(18)26/h2-9,30H,10H2,1H3,(H2,27,29). The van der Waals surface area contributed by atoms with E-state index in [9.17, 15) is 22.0 Å². The molecule has 1 aliphatic rings. The molecule has 2 aromatic carbocycles. The molecule has 9 nitrogen and oxygen atoms in total. The first kappa shape index (κ1) is 23.7. The molecule has 3 N–H and O–H groups in total. The van der Waals surface area contributed by atoms with Gasteiger partial charge in [-0.15, -0.1) is 0 Å². The summed E-state index contributed by atoms with van der Waals surface area (Å²) in [5.41, 5.74) is 7.86. The Morgan fingerprint density at radius 3 is 2.67 bits per heavy atom. The number of likely N-dealkylation sites (N-methyl/N-ethyl adjacent to an activating group) is 1. The number of fused-ring (bicyclic) bond motifs is 3. The van der Waals surface area contributed by atoms with E-state index < -0.39 is 26.6 Å². The lowest BCUT2D eigenvalue weighted by Gasteiger charge is -2.27. The van der Waals surface area contributed by atoms with E-state index in [0.29, 0.717) is 39.5 Å². The maximum atomic E-state index is 14.1. The van der Waals surface area contributed by atoms with Crippen molar-refractivity contribution >= 4 is 55.6 Å². The molecule has 36 heavy (non-hydrogen) atoms. The molecular formula is C23H16ClF2N5O4S. The zero-order valence-electron chi connectivity index (χ0n) is 18.4. The van der Waals surface area contributed by atoms with E-state index in [-0.39, 0.29) is 29.2 Å². The summed E-state index contributed by atoms with van der Waals surface area (Å²) in [6.07, 6.45) is 1.42. The average molecular weight is 532 g/mol. The van der Waals surface area contributed by atoms with Crippen LogP contribution in [0.15, 0.2) is 53.6 Å². The third-order valence-corrected chi connectivity index (χ3v) is 7.29. The molecule has 0 radical (unpaired) electrons. The summed E-state index contributed by atoms with van der Waals surface area (Å²) < 4.78 is 60.6. The molecule has 4 aromatic rings. The Morgan fingerprint density at radius 1 is 1.14 bits per heavy atom. The molecule has 0 unspecified atom stereocenters. The van der Waals surface area contributed by atoms with E-state index >= 15 is 0 Å². The summed E-state index contributed by atoms with van der Waals surface area (Å²) >= 11 is 6.11. The second-order valence-corrected chi connectivity index (χ2v) is 9.90. The van der Waals surface area contributed by atoms with E-state index in [1.165, 1.54) is 17.2 Å². The van der Waals surface area contributed by atoms with Gasteiger partial charge in [0.1, 0.15) is 22.2 Å². The summed E-state index contributed by atoms with van der Waals surface area (Å²) in [4.78, 5) is 21.1. The first-order chi connectivity index (χ1) is 17.0. The van der Waals surface area contributed by atoms with E-state index in [2.05, 4.69) is 14.7 Å². The highest BCUT2D eigenvalue weighted by Crippen LogP contribution is 2.42. The number of sulfonamides is 1. The third kappa shape index (κ3) is 4.03. The smallest absolute Gasteiger partial charge is 0.264 e. The van der Waals surface area contributed by atoms with Gasteiger partial charge in [-0.1, -0.05) is 17.7 Å². The monoisotopic (exact) mass is 531 g/mol. The Kier molecular flexibility index (Phi) is 5.64. The lowest BCUT2D eigenvalue weighted by atomic mass is 10.0. The van der Waals surface area contributed by atoms with Crippen LogP contribution < -0.4 is 20.1 Å². The van der Waals surface area contributed by atoms with Gasteiger partial charge in [-0.3, -0.25) is 9.52 Å². The zero-order chi connectivity index (χ0) is 25.8. The molecule has 0 saturated heterocycles. The number of nitrogens with two attached hydrogens (primary N) is 1. The molecule has 1 amide bonds. The van der Waals surface area contributed by atoms with E-state index in [1.807, 2.05) is 0 Å². The molecule has 0 aliphatic carbocycles. The van der Waals surface area contributed by atoms with Gasteiger partial charge in [0, 0.05) is 30.3 Å². The Balaban J connectivity index is 1.57. The number of rotatable bonds is 4. The molecule has 2 aromatic heterocycles. The number of ether oxygens (including phenoxy) is 1. The highest BCUT2D eigenvalue weighted by Gasteiger charge is 2.28. The second kappa shape index (κ2) is 8.57. The van der Waals surface area contributed by atoms with Crippen molar-refractivity contribution < 1.29 is 26.7 Å². The Labute approximate surface area is 208 Å². The number of nitrogens with one attached hydrogen (secondary N) is 1. The van der Waals surface area contributed by atoms with Crippen LogP contribution in [0, 0.1) is 11.6 Å². The van der Waals surface area contributed by atoms with Crippen LogP contribution in [-0.2, 0) is 14.8 Å². The number of benzene rings is 2. The summed E-state index contributed by atoms with van der Waals surface area (Å²) in [5.74, 6) is -1.92. The summed E-state index contributed by atoms with van der Waals surface area (Å²) in [6, 6.07) is 8.66. The molecule has 0 bridgehead atoms. The molecule has 1 aliphatic heterocycles. The maximum Gasteiger partial charge on any atom is 0.264 e. The number of amides is 1. The molecule has 0 atom stereocenters. The van der Waals surface area contributed by atoms with Gasteiger partial charge in [-0.25, -0.2) is 27.2 Å². The van der Waals surface area contributed by atoms with Crippen molar-refractivity contribution in [2.45, 2.75) is 4.90 Å². The third-order valence-electron chi connectivity index (χ3n) is 5.59. The van der Waals surface area contributed by atoms with Crippen molar-refractivity contribution in [1.82, 2.24) is 9.97 Å². The van der Waals surface area contributed by atoms with Crippen molar-refractivity contribution in [3.8, 4) is 16.9 Å². The minimum atomic E-state index is -4.44. The first-order valence-electron chi connectivity index (χ1n) is 10.3. The number of aromatic nitrogens is 2. The van der Waals surface area contributed by atoms with Crippen molar-refractivity contribution in [1.29, 1.82) is 0 Å². The molecule has 0 spiro atoms. The van der Waals surface area contributed by atoms with Gasteiger partial charge in [-0.05, 0) is 35.9 Å². The topological polar surface area (TPSA) is 128 Å². The van der Waals surface area contributed by atoms with Gasteiger partial charge in [0.05, 0.1) is 11.2 Å². The number of pyridine rings is 2. The van der Waals surface area contributed by atoms with Gasteiger partial charge in [0.15, 0.2) is 23.3 Å². The van der Waals surface area contributed by atoms with Gasteiger partial charge in [-0.2, -0.15) is 0 Å². The molecule has 184 valence electrons. The van der Waals surface area contributed by atoms with Crippen LogP contribution in [0.2, 0.25) is 5.15 Å². The Morgan fingerprint density at radius 2 is 1.92 bits per heavy atom. The van der Waals surface area contributed by atoms with Crippen LogP contribution in [0.1, 0.15) is 0 Å². The van der Waals surface area contributed by atoms with Gasteiger partial charge in [0.25, 0.3) is 15.9 Å². The van der Waals surface area contributed by atoms with Gasteiger partial charge < -0.3 is 15.4 Å². The van der Waals surface area contributed by atoms with Crippen LogP contribution in [0.5, 0.6) is 5.75 Å². The average Bonchev–Trinajstić information content (AvgIpc) is 2.82. The number of hydrogen-bond acceptors (Lipinski definition) is 7. The first-order valence-corrected chi connectivity index (χ1v) is 12.2. The van der Waals surface area contributed by atoms with Gasteiger partial charge in [0.2, 0.25) is 0 Å². The maximum absolute atomic E-state index is 14.1. The normalized spacial score (nSPS) is 13.4. The molecule has 0 fully saturated rings. The number of carbonyl (C=O) groups excluding carboxylic acids is 1. The molecule has 0 saturated carbocycles. The molecule has 13 heteroatoms. The predicted molar refractivity (Wildman–Crippen MR) is 130 cm³/mol. The van der Waals surface area contributed by atoms with Crippen molar-refractivity contribution in [2.75, 3.05) is 29.0 Å². The van der Waals surface area contributed by atoms with Crippen LogP contribution in [0.4, 0.5) is 26.0 Å². The molecular weight excluding hydrogens is 516 g/mol. The van der Waals surface area contributed by atoms with Crippen LogP contribution >= 0.6 is 11.6 Å². The van der Waals surface area contributed by atoms with Crippen molar-refractivity contribution in [2.24, 2.45) is 0 Å². The molecule has 3 heterocycles. The van der Waals surface area contributed by atoms with E-state index in [1.54, 1.807) is 25.2 Å². The number of nitrogens with zero attached hydrogens (tertiary/aromatic N) is 3. The van der Waals surface area contributed by atoms with Crippen LogP contribution in [0.3, 0.4) is 0 Å². The number of nitrogen functional groups attached to an aromatic ring is 1. The van der Waals surface area contributed by atoms with Gasteiger partial charge >= 0.3 is 0 Å². The van der Waals surface area contributed by atoms with Crippen molar-refractivity contribution in [3.63, 3.8) is 0 Å². The van der Waals surface area contributed by atoms with E-state index in [0.717, 1.165) is 12.1 Å². The number of hydrogen-bond donors (Lipinski definition) is 2. The van der Waals surface area contributed by atoms with E-state index in [4.69, 9.17) is 22.1 Å².